The van der Waals surface area contributed by atoms with E-state index in [4.69, 9.17) is 14.2 Å². The number of carbonyl (C=O) groups is 1. The Bertz CT molecular complexity index is 501. The predicted octanol–water partition coefficient (Wildman–Crippen LogP) is 2.14. The second kappa shape index (κ2) is 11.5. The molecule has 0 bridgehead atoms. The van der Waals surface area contributed by atoms with E-state index in [-0.39, 0.29) is 18.2 Å². The zero-order valence-corrected chi connectivity index (χ0v) is 18.0. The van der Waals surface area contributed by atoms with Crippen molar-refractivity contribution in [3.05, 3.63) is 0 Å². The molecule has 2 unspecified atom stereocenters. The van der Waals surface area contributed by atoms with E-state index < -0.39 is 5.60 Å². The van der Waals surface area contributed by atoms with Gasteiger partial charge in [0.15, 0.2) is 5.96 Å². The lowest BCUT2D eigenvalue weighted by molar-refractivity contribution is 0.0104. The first kappa shape index (κ1) is 22.7. The van der Waals surface area contributed by atoms with Crippen LogP contribution in [0.4, 0.5) is 4.79 Å². The topological polar surface area (TPSA) is 84.4 Å². The summed E-state index contributed by atoms with van der Waals surface area (Å²) in [5, 5.41) is 6.66. The maximum Gasteiger partial charge on any atom is 0.410 e. The van der Waals surface area contributed by atoms with Crippen LogP contribution < -0.4 is 10.6 Å². The molecular formula is C20H38N4O4. The first-order valence-electron chi connectivity index (χ1n) is 10.5. The fourth-order valence-electron chi connectivity index (χ4n) is 3.38. The van der Waals surface area contributed by atoms with E-state index in [9.17, 15) is 4.79 Å². The van der Waals surface area contributed by atoms with Crippen LogP contribution >= 0.6 is 0 Å². The third-order valence-corrected chi connectivity index (χ3v) is 4.84. The Morgan fingerprint density at radius 3 is 2.75 bits per heavy atom. The van der Waals surface area contributed by atoms with Gasteiger partial charge in [-0.2, -0.15) is 0 Å². The summed E-state index contributed by atoms with van der Waals surface area (Å²) in [4.78, 5) is 18.6. The fourth-order valence-corrected chi connectivity index (χ4v) is 3.38. The monoisotopic (exact) mass is 398 g/mol. The van der Waals surface area contributed by atoms with Gasteiger partial charge in [0.25, 0.3) is 0 Å². The van der Waals surface area contributed by atoms with Gasteiger partial charge in [-0.15, -0.1) is 0 Å². The van der Waals surface area contributed by atoms with E-state index in [1.54, 1.807) is 7.05 Å². The third-order valence-electron chi connectivity index (χ3n) is 4.84. The summed E-state index contributed by atoms with van der Waals surface area (Å²) in [7, 11) is 1.76. The molecule has 2 aliphatic heterocycles. The van der Waals surface area contributed by atoms with Crippen LogP contribution in [-0.4, -0.2) is 81.2 Å². The van der Waals surface area contributed by atoms with Crippen LogP contribution in [-0.2, 0) is 14.2 Å². The van der Waals surface area contributed by atoms with Crippen LogP contribution in [0.5, 0.6) is 0 Å². The lowest BCUT2D eigenvalue weighted by Gasteiger charge is -2.37. The molecule has 2 saturated heterocycles. The summed E-state index contributed by atoms with van der Waals surface area (Å²) >= 11 is 0. The molecule has 162 valence electrons. The average molecular weight is 399 g/mol. The molecule has 8 heteroatoms. The van der Waals surface area contributed by atoms with Gasteiger partial charge in [0.05, 0.1) is 18.8 Å². The molecule has 0 aromatic carbocycles. The number of aliphatic imine (C=N–C) groups is 1. The number of hydrogen-bond acceptors (Lipinski definition) is 5. The standard InChI is InChI=1S/C20H38N4O4/c1-20(2,3)28-19(25)24-11-6-5-8-16(24)14-23-18(21-4)22-10-7-12-27-17-9-13-26-15-17/h16-17H,5-15H2,1-4H3,(H2,21,22,23). The zero-order valence-electron chi connectivity index (χ0n) is 18.0. The third kappa shape index (κ3) is 8.22. The van der Waals surface area contributed by atoms with Crippen molar-refractivity contribution in [2.75, 3.05) is 46.5 Å². The molecule has 1 amide bonds. The minimum Gasteiger partial charge on any atom is -0.444 e. The number of piperidine rings is 1. The van der Waals surface area contributed by atoms with Crippen LogP contribution in [0.2, 0.25) is 0 Å². The number of nitrogens with one attached hydrogen (secondary N) is 2. The number of rotatable bonds is 7. The molecular weight excluding hydrogens is 360 g/mol. The highest BCUT2D eigenvalue weighted by Gasteiger charge is 2.30. The lowest BCUT2D eigenvalue weighted by atomic mass is 10.0. The number of nitrogens with zero attached hydrogens (tertiary/aromatic N) is 2. The van der Waals surface area contributed by atoms with Gasteiger partial charge in [-0.3, -0.25) is 4.99 Å². The number of carbonyl (C=O) groups excluding carboxylic acids is 1. The molecule has 0 saturated carbocycles. The van der Waals surface area contributed by atoms with Crippen molar-refractivity contribution in [2.45, 2.75) is 70.6 Å². The molecule has 2 rings (SSSR count). The molecule has 8 nitrogen and oxygen atoms in total. The highest BCUT2D eigenvalue weighted by Crippen LogP contribution is 2.20. The molecule has 0 aromatic heterocycles. The van der Waals surface area contributed by atoms with Crippen LogP contribution in [0.25, 0.3) is 0 Å². The quantitative estimate of drug-likeness (QED) is 0.388. The normalized spacial score (nSPS) is 23.6. The van der Waals surface area contributed by atoms with E-state index in [1.807, 2.05) is 25.7 Å². The Labute approximate surface area is 169 Å². The minimum atomic E-state index is -0.475. The molecule has 28 heavy (non-hydrogen) atoms. The summed E-state index contributed by atoms with van der Waals surface area (Å²) in [6.07, 6.45) is 5.05. The molecule has 2 fully saturated rings. The Morgan fingerprint density at radius 2 is 2.07 bits per heavy atom. The Balaban J connectivity index is 1.68. The van der Waals surface area contributed by atoms with E-state index in [0.29, 0.717) is 19.8 Å². The molecule has 2 heterocycles. The van der Waals surface area contributed by atoms with E-state index in [0.717, 1.165) is 57.8 Å². The van der Waals surface area contributed by atoms with Gasteiger partial charge >= 0.3 is 6.09 Å². The van der Waals surface area contributed by atoms with Gasteiger partial charge in [-0.1, -0.05) is 0 Å². The number of hydrogen-bond donors (Lipinski definition) is 2. The molecule has 2 N–H and O–H groups in total. The van der Waals surface area contributed by atoms with Crippen molar-refractivity contribution in [2.24, 2.45) is 4.99 Å². The van der Waals surface area contributed by atoms with Gasteiger partial charge in [-0.05, 0) is 52.9 Å². The van der Waals surface area contributed by atoms with Gasteiger partial charge in [0, 0.05) is 39.9 Å². The van der Waals surface area contributed by atoms with E-state index in [2.05, 4.69) is 15.6 Å². The van der Waals surface area contributed by atoms with Crippen molar-refractivity contribution < 1.29 is 19.0 Å². The van der Waals surface area contributed by atoms with Gasteiger partial charge in [-0.25, -0.2) is 4.79 Å². The summed E-state index contributed by atoms with van der Waals surface area (Å²) in [6.45, 7) is 10.1. The highest BCUT2D eigenvalue weighted by atomic mass is 16.6. The van der Waals surface area contributed by atoms with Crippen molar-refractivity contribution in [3.8, 4) is 0 Å². The molecule has 2 aliphatic rings. The average Bonchev–Trinajstić information content (AvgIpc) is 3.16. The predicted molar refractivity (Wildman–Crippen MR) is 110 cm³/mol. The number of likely N-dealkylation sites (tertiary alicyclic amines) is 1. The van der Waals surface area contributed by atoms with Crippen LogP contribution in [0.3, 0.4) is 0 Å². The SMILES string of the molecule is CN=C(NCCCOC1CCOC1)NCC1CCCCN1C(=O)OC(C)(C)C. The maximum atomic E-state index is 12.5. The second-order valence-electron chi connectivity index (χ2n) is 8.41. The molecule has 0 radical (unpaired) electrons. The first-order chi connectivity index (χ1) is 13.4. The molecule has 0 aromatic rings. The first-order valence-corrected chi connectivity index (χ1v) is 10.5. The molecule has 2 atom stereocenters. The largest absolute Gasteiger partial charge is 0.444 e. The Morgan fingerprint density at radius 1 is 1.25 bits per heavy atom. The van der Waals surface area contributed by atoms with Crippen molar-refractivity contribution in [1.29, 1.82) is 0 Å². The van der Waals surface area contributed by atoms with Crippen molar-refractivity contribution >= 4 is 12.1 Å². The lowest BCUT2D eigenvalue weighted by Crippen LogP contribution is -2.52. The number of amides is 1. The van der Waals surface area contributed by atoms with Crippen LogP contribution in [0.1, 0.15) is 52.9 Å². The fraction of sp³-hybridized carbons (Fsp3) is 0.900. The van der Waals surface area contributed by atoms with Gasteiger partial charge in [0.1, 0.15) is 5.60 Å². The van der Waals surface area contributed by atoms with E-state index >= 15 is 0 Å². The van der Waals surface area contributed by atoms with Gasteiger partial charge < -0.3 is 29.7 Å². The Kier molecular flexibility index (Phi) is 9.31. The summed E-state index contributed by atoms with van der Waals surface area (Å²) < 4.78 is 16.6. The Hall–Kier alpha value is -1.54. The van der Waals surface area contributed by atoms with Crippen molar-refractivity contribution in [3.63, 3.8) is 0 Å². The van der Waals surface area contributed by atoms with Gasteiger partial charge in [0.2, 0.25) is 0 Å². The highest BCUT2D eigenvalue weighted by molar-refractivity contribution is 5.79. The van der Waals surface area contributed by atoms with Crippen molar-refractivity contribution in [1.82, 2.24) is 15.5 Å². The maximum absolute atomic E-state index is 12.5. The minimum absolute atomic E-state index is 0.118. The zero-order chi connectivity index (χ0) is 20.4. The smallest absolute Gasteiger partial charge is 0.410 e. The van der Waals surface area contributed by atoms with E-state index in [1.165, 1.54) is 0 Å². The van der Waals surface area contributed by atoms with Crippen LogP contribution in [0, 0.1) is 0 Å². The summed E-state index contributed by atoms with van der Waals surface area (Å²) in [5.41, 5.74) is -0.475. The second-order valence-corrected chi connectivity index (χ2v) is 8.41. The summed E-state index contributed by atoms with van der Waals surface area (Å²) in [6, 6.07) is 0.118. The summed E-state index contributed by atoms with van der Waals surface area (Å²) in [5.74, 6) is 0.749. The molecule has 0 spiro atoms. The molecule has 0 aliphatic carbocycles. The van der Waals surface area contributed by atoms with Crippen LogP contribution in [0.15, 0.2) is 4.99 Å². The number of guanidine groups is 1. The number of ether oxygens (including phenoxy) is 3.